The Kier molecular flexibility index (Phi) is 10.9. The standard InChI is InChI=1S/C39H50FN3O7Si/c1-6-49-30-14-15-33-27(21-30)22-32(41-18-7-8-19-44)37(46)43(33)28-11-9-26(10-12-28)24-42-34-16-13-29(48-3)23-31(34)39(38(42)47)25(2)36(51(4,5)40)35(50-39)17-20-45/h9-16,21,23,25,32,35-36,41,44-45H,6-8,17-20,22,24H2,1-5H3/t25-,32?,35+,36-,39+/m0/s1. The molecule has 1 fully saturated rings. The van der Waals surface area contributed by atoms with Crippen LogP contribution in [0.3, 0.4) is 0 Å². The smallest absolute Gasteiger partial charge is 0.264 e. The number of benzene rings is 3. The Morgan fingerprint density at radius 1 is 1.00 bits per heavy atom. The van der Waals surface area contributed by atoms with Crippen LogP contribution in [0.25, 0.3) is 0 Å². The number of aliphatic hydroxyl groups excluding tert-OH is 2. The topological polar surface area (TPSA) is 121 Å². The Morgan fingerprint density at radius 2 is 1.73 bits per heavy atom. The van der Waals surface area contributed by atoms with Gasteiger partial charge in [0.25, 0.3) is 5.91 Å². The van der Waals surface area contributed by atoms with Gasteiger partial charge in [0.15, 0.2) is 5.60 Å². The van der Waals surface area contributed by atoms with E-state index in [1.165, 1.54) is 0 Å². The summed E-state index contributed by atoms with van der Waals surface area (Å²) >= 11 is 0. The van der Waals surface area contributed by atoms with Gasteiger partial charge in [-0.2, -0.15) is 0 Å². The fraction of sp³-hybridized carbons (Fsp3) is 0.487. The lowest BCUT2D eigenvalue weighted by Crippen LogP contribution is -2.49. The summed E-state index contributed by atoms with van der Waals surface area (Å²) in [5.41, 5.74) is 2.76. The van der Waals surface area contributed by atoms with Crippen molar-refractivity contribution < 1.29 is 38.1 Å². The molecule has 0 aliphatic carbocycles. The molecule has 2 amide bonds. The van der Waals surface area contributed by atoms with E-state index < -0.39 is 37.6 Å². The maximum atomic E-state index is 15.9. The predicted octanol–water partition coefficient (Wildman–Crippen LogP) is 5.75. The molecular formula is C39H50FN3O7Si. The molecule has 0 radical (unpaired) electrons. The first-order chi connectivity index (χ1) is 24.5. The SMILES string of the molecule is CCOc1ccc2c(c1)CC(NCCCCO)C(=O)N2c1ccc(CN2C(=O)[C@]3(O[C@H](CCO)[C@@H]([Si](C)(C)F)[C@@H]3C)c3cc(OC)ccc32)cc1. The molecule has 3 aliphatic heterocycles. The molecule has 51 heavy (non-hydrogen) atoms. The first-order valence-corrected chi connectivity index (χ1v) is 20.9. The number of amides is 2. The van der Waals surface area contributed by atoms with Crippen molar-refractivity contribution in [2.45, 2.75) is 82.5 Å². The van der Waals surface area contributed by atoms with Crippen molar-refractivity contribution in [2.75, 3.05) is 43.3 Å². The minimum Gasteiger partial charge on any atom is -0.497 e. The summed E-state index contributed by atoms with van der Waals surface area (Å²) in [6.45, 7) is 8.45. The van der Waals surface area contributed by atoms with Crippen LogP contribution >= 0.6 is 0 Å². The molecule has 12 heteroatoms. The minimum absolute atomic E-state index is 0.0679. The van der Waals surface area contributed by atoms with E-state index in [0.29, 0.717) is 48.7 Å². The van der Waals surface area contributed by atoms with Crippen molar-refractivity contribution in [1.82, 2.24) is 5.32 Å². The molecular weight excluding hydrogens is 670 g/mol. The zero-order valence-corrected chi connectivity index (χ0v) is 31.2. The molecule has 1 unspecified atom stereocenters. The van der Waals surface area contributed by atoms with Crippen LogP contribution in [-0.4, -0.2) is 76.1 Å². The van der Waals surface area contributed by atoms with Crippen molar-refractivity contribution in [3.8, 4) is 11.5 Å². The average molecular weight is 720 g/mol. The Bertz CT molecular complexity index is 1730. The lowest BCUT2D eigenvalue weighted by molar-refractivity contribution is -0.146. The van der Waals surface area contributed by atoms with Crippen LogP contribution in [0, 0.1) is 5.92 Å². The third-order valence-electron chi connectivity index (χ3n) is 10.6. The van der Waals surface area contributed by atoms with Crippen LogP contribution in [0.2, 0.25) is 18.6 Å². The number of rotatable bonds is 14. The van der Waals surface area contributed by atoms with Gasteiger partial charge in [-0.05, 0) is 112 Å². The molecule has 1 spiro atoms. The summed E-state index contributed by atoms with van der Waals surface area (Å²) in [5.74, 6) is 0.527. The van der Waals surface area contributed by atoms with E-state index in [-0.39, 0.29) is 38.0 Å². The van der Waals surface area contributed by atoms with Crippen LogP contribution < -0.4 is 24.6 Å². The second kappa shape index (κ2) is 15.0. The van der Waals surface area contributed by atoms with Gasteiger partial charge in [0.2, 0.25) is 14.3 Å². The highest BCUT2D eigenvalue weighted by molar-refractivity contribution is 6.72. The largest absolute Gasteiger partial charge is 0.497 e. The lowest BCUT2D eigenvalue weighted by Gasteiger charge is -2.35. The number of fused-ring (bicyclic) bond motifs is 3. The number of nitrogens with one attached hydrogen (secondary N) is 1. The Labute approximate surface area is 300 Å². The lowest BCUT2D eigenvalue weighted by atomic mass is 9.82. The van der Waals surface area contributed by atoms with Gasteiger partial charge < -0.3 is 38.7 Å². The van der Waals surface area contributed by atoms with Gasteiger partial charge in [-0.3, -0.25) is 14.5 Å². The molecule has 3 N–H and O–H groups in total. The van der Waals surface area contributed by atoms with E-state index in [0.717, 1.165) is 29.0 Å². The number of hydrogen-bond acceptors (Lipinski definition) is 8. The van der Waals surface area contributed by atoms with Crippen molar-refractivity contribution in [2.24, 2.45) is 5.92 Å². The van der Waals surface area contributed by atoms with Gasteiger partial charge in [0, 0.05) is 35.9 Å². The number of carbonyl (C=O) groups excluding carboxylic acids is 2. The Balaban J connectivity index is 1.31. The van der Waals surface area contributed by atoms with Crippen LogP contribution in [-0.2, 0) is 32.9 Å². The molecule has 3 heterocycles. The molecule has 5 atom stereocenters. The highest BCUT2D eigenvalue weighted by Gasteiger charge is 2.66. The van der Waals surface area contributed by atoms with Crippen LogP contribution in [0.5, 0.6) is 11.5 Å². The highest BCUT2D eigenvalue weighted by atomic mass is 28.4. The normalized spacial score (nSPS) is 24.3. The number of ether oxygens (including phenoxy) is 3. The molecule has 0 bridgehead atoms. The van der Waals surface area contributed by atoms with Crippen molar-refractivity contribution in [3.05, 3.63) is 77.4 Å². The number of halogens is 1. The van der Waals surface area contributed by atoms with E-state index in [9.17, 15) is 19.8 Å². The second-order valence-electron chi connectivity index (χ2n) is 14.3. The van der Waals surface area contributed by atoms with E-state index in [4.69, 9.17) is 14.2 Å². The van der Waals surface area contributed by atoms with Gasteiger partial charge in [0.1, 0.15) is 11.5 Å². The number of anilines is 3. The molecule has 3 aromatic carbocycles. The fourth-order valence-electron chi connectivity index (χ4n) is 8.36. The summed E-state index contributed by atoms with van der Waals surface area (Å²) in [6.07, 6.45) is 1.59. The number of aliphatic hydroxyl groups is 2. The quantitative estimate of drug-likeness (QED) is 0.110. The van der Waals surface area contributed by atoms with Gasteiger partial charge in [-0.15, -0.1) is 0 Å². The molecule has 3 aromatic rings. The summed E-state index contributed by atoms with van der Waals surface area (Å²) in [5, 5.41) is 22.5. The molecule has 0 saturated carbocycles. The number of unbranched alkanes of at least 4 members (excludes halogenated alkanes) is 1. The average Bonchev–Trinajstić information content (AvgIpc) is 3.53. The third-order valence-corrected chi connectivity index (χ3v) is 13.1. The maximum absolute atomic E-state index is 15.9. The van der Waals surface area contributed by atoms with E-state index >= 15 is 4.11 Å². The molecule has 0 aromatic heterocycles. The zero-order valence-electron chi connectivity index (χ0n) is 30.2. The predicted molar refractivity (Wildman–Crippen MR) is 197 cm³/mol. The van der Waals surface area contributed by atoms with Gasteiger partial charge in [-0.1, -0.05) is 19.1 Å². The minimum atomic E-state index is -3.32. The van der Waals surface area contributed by atoms with Crippen LogP contribution in [0.1, 0.15) is 49.8 Å². The summed E-state index contributed by atoms with van der Waals surface area (Å²) in [6, 6.07) is 18.5. The fourth-order valence-corrected chi connectivity index (χ4v) is 10.9. The van der Waals surface area contributed by atoms with Crippen molar-refractivity contribution in [3.63, 3.8) is 0 Å². The number of carbonyl (C=O) groups is 2. The van der Waals surface area contributed by atoms with Gasteiger partial charge >= 0.3 is 0 Å². The Morgan fingerprint density at radius 3 is 2.39 bits per heavy atom. The summed E-state index contributed by atoms with van der Waals surface area (Å²) in [7, 11) is -1.75. The second-order valence-corrected chi connectivity index (χ2v) is 18.1. The van der Waals surface area contributed by atoms with Gasteiger partial charge in [0.05, 0.1) is 43.8 Å². The van der Waals surface area contributed by atoms with Gasteiger partial charge in [-0.25, -0.2) is 0 Å². The van der Waals surface area contributed by atoms with E-state index in [1.54, 1.807) is 30.0 Å². The number of nitrogens with zero attached hydrogens (tertiary/aromatic N) is 2. The maximum Gasteiger partial charge on any atom is 0.264 e. The van der Waals surface area contributed by atoms with Crippen molar-refractivity contribution in [1.29, 1.82) is 0 Å². The summed E-state index contributed by atoms with van der Waals surface area (Å²) in [4.78, 5) is 32.1. The third kappa shape index (κ3) is 6.80. The summed E-state index contributed by atoms with van der Waals surface area (Å²) < 4.78 is 33.9. The number of methoxy groups -OCH3 is 1. The van der Waals surface area contributed by atoms with Crippen molar-refractivity contribution >= 4 is 37.3 Å². The molecule has 6 rings (SSSR count). The molecule has 10 nitrogen and oxygen atoms in total. The number of hydrogen-bond donors (Lipinski definition) is 3. The first kappa shape index (κ1) is 37.0. The van der Waals surface area contributed by atoms with Crippen LogP contribution in [0.4, 0.5) is 21.2 Å². The van der Waals surface area contributed by atoms with E-state index in [2.05, 4.69) is 5.32 Å². The first-order valence-electron chi connectivity index (χ1n) is 18.0. The molecule has 274 valence electrons. The van der Waals surface area contributed by atoms with Crippen LogP contribution in [0.15, 0.2) is 60.7 Å². The molecule has 1 saturated heterocycles. The monoisotopic (exact) mass is 719 g/mol. The Hall–Kier alpha value is -3.81. The molecule has 3 aliphatic rings. The zero-order chi connectivity index (χ0) is 36.5. The van der Waals surface area contributed by atoms with E-state index in [1.807, 2.05) is 74.5 Å². The highest BCUT2D eigenvalue weighted by Crippen LogP contribution is 2.60.